The molecule has 2 heterocycles. The molecule has 1 saturated carbocycles. The molecule has 1 spiro atoms. The van der Waals surface area contributed by atoms with Crippen molar-refractivity contribution in [3.8, 4) is 0 Å². The summed E-state index contributed by atoms with van der Waals surface area (Å²) in [6.45, 7) is 2.60. The van der Waals surface area contributed by atoms with Crippen LogP contribution in [-0.4, -0.2) is 28.9 Å². The molecule has 1 atom stereocenters. The summed E-state index contributed by atoms with van der Waals surface area (Å²) in [7, 11) is 0. The Labute approximate surface area is 190 Å². The van der Waals surface area contributed by atoms with E-state index in [0.717, 1.165) is 55.9 Å². The number of pyridine rings is 1. The number of fused-ring (bicyclic) bond motifs is 1. The average molecular weight is 454 g/mol. The van der Waals surface area contributed by atoms with Crippen LogP contribution in [0.15, 0.2) is 60.8 Å². The first kappa shape index (κ1) is 21.9. The topological polar surface area (TPSA) is 45.2 Å². The predicted molar refractivity (Wildman–Crippen MR) is 120 cm³/mol. The standard InChI is InChI=1S/C26H26F3N3O/c27-26(28,29)21-6-2-1-4-20(21)16-31-24(33)22-15-25(22)9-12-32(13-10-25)17-18-7-8-19-5-3-11-30-23(19)14-18/h1-8,11,14,22H,9-10,12-13,15-17H2,(H,31,33). The fourth-order valence-electron chi connectivity index (χ4n) is 5.15. The maximum atomic E-state index is 13.2. The van der Waals surface area contributed by atoms with E-state index >= 15 is 0 Å². The number of benzene rings is 2. The number of aromatic nitrogens is 1. The largest absolute Gasteiger partial charge is 0.416 e. The zero-order chi connectivity index (χ0) is 23.1. The Hall–Kier alpha value is -2.93. The molecule has 172 valence electrons. The normalized spacial score (nSPS) is 20.2. The van der Waals surface area contributed by atoms with Gasteiger partial charge in [0.15, 0.2) is 0 Å². The van der Waals surface area contributed by atoms with Crippen LogP contribution in [0.3, 0.4) is 0 Å². The monoisotopic (exact) mass is 453 g/mol. The van der Waals surface area contributed by atoms with Gasteiger partial charge in [-0.25, -0.2) is 0 Å². The van der Waals surface area contributed by atoms with Gasteiger partial charge in [0.05, 0.1) is 11.1 Å². The van der Waals surface area contributed by atoms with Crippen LogP contribution in [0.1, 0.15) is 36.0 Å². The van der Waals surface area contributed by atoms with Gasteiger partial charge < -0.3 is 5.32 Å². The first-order valence-electron chi connectivity index (χ1n) is 11.3. The van der Waals surface area contributed by atoms with Gasteiger partial charge in [0.2, 0.25) is 5.91 Å². The second-order valence-corrected chi connectivity index (χ2v) is 9.30. The highest BCUT2D eigenvalue weighted by Gasteiger charge is 2.58. The highest BCUT2D eigenvalue weighted by Crippen LogP contribution is 2.59. The van der Waals surface area contributed by atoms with Crippen LogP contribution < -0.4 is 5.32 Å². The van der Waals surface area contributed by atoms with Gasteiger partial charge in [-0.2, -0.15) is 13.2 Å². The van der Waals surface area contributed by atoms with Gasteiger partial charge in [-0.1, -0.05) is 36.4 Å². The van der Waals surface area contributed by atoms with Gasteiger partial charge in [0.1, 0.15) is 0 Å². The number of halogens is 3. The van der Waals surface area contributed by atoms with Crippen molar-refractivity contribution in [1.29, 1.82) is 0 Å². The number of rotatable bonds is 5. The van der Waals surface area contributed by atoms with E-state index in [4.69, 9.17) is 0 Å². The van der Waals surface area contributed by atoms with Crippen LogP contribution in [0.2, 0.25) is 0 Å². The molecule has 33 heavy (non-hydrogen) atoms. The van der Waals surface area contributed by atoms with E-state index in [-0.39, 0.29) is 29.3 Å². The number of nitrogens with one attached hydrogen (secondary N) is 1. The Bertz CT molecular complexity index is 1170. The van der Waals surface area contributed by atoms with Crippen LogP contribution in [-0.2, 0) is 24.1 Å². The smallest absolute Gasteiger partial charge is 0.352 e. The number of nitrogens with zero attached hydrogens (tertiary/aromatic N) is 2. The van der Waals surface area contributed by atoms with Crippen LogP contribution in [0, 0.1) is 11.3 Å². The predicted octanol–water partition coefficient (Wildman–Crippen LogP) is 5.17. The summed E-state index contributed by atoms with van der Waals surface area (Å²) in [5, 5.41) is 3.88. The first-order valence-corrected chi connectivity index (χ1v) is 11.3. The van der Waals surface area contributed by atoms with Gasteiger partial charge in [0, 0.05) is 30.6 Å². The summed E-state index contributed by atoms with van der Waals surface area (Å²) >= 11 is 0. The number of carbonyl (C=O) groups is 1. The molecule has 1 aliphatic heterocycles. The highest BCUT2D eigenvalue weighted by molar-refractivity contribution is 5.82. The molecule has 0 radical (unpaired) electrons. The molecule has 1 aromatic heterocycles. The van der Waals surface area contributed by atoms with Crippen LogP contribution in [0.25, 0.3) is 10.9 Å². The SMILES string of the molecule is O=C(NCc1ccccc1C(F)(F)F)C1CC12CCN(Cc1ccc3cccnc3c1)CC2. The summed E-state index contributed by atoms with van der Waals surface area (Å²) in [5.41, 5.74) is 1.65. The number of hydrogen-bond donors (Lipinski definition) is 1. The molecular weight excluding hydrogens is 427 g/mol. The lowest BCUT2D eigenvalue weighted by Crippen LogP contribution is -2.36. The Balaban J connectivity index is 1.14. The zero-order valence-corrected chi connectivity index (χ0v) is 18.2. The van der Waals surface area contributed by atoms with E-state index in [1.807, 2.05) is 6.07 Å². The van der Waals surface area contributed by atoms with Crippen molar-refractivity contribution >= 4 is 16.8 Å². The molecule has 2 fully saturated rings. The molecule has 3 aromatic rings. The minimum absolute atomic E-state index is 0.00900. The summed E-state index contributed by atoms with van der Waals surface area (Å²) in [5.74, 6) is -0.219. The summed E-state index contributed by atoms with van der Waals surface area (Å²) in [4.78, 5) is 19.5. The maximum absolute atomic E-state index is 13.2. The average Bonchev–Trinajstić information content (AvgIpc) is 3.52. The number of hydrogen-bond acceptors (Lipinski definition) is 3. The van der Waals surface area contributed by atoms with E-state index in [0.29, 0.717) is 0 Å². The maximum Gasteiger partial charge on any atom is 0.416 e. The van der Waals surface area contributed by atoms with Crippen molar-refractivity contribution in [2.75, 3.05) is 13.1 Å². The van der Waals surface area contributed by atoms with Gasteiger partial charge >= 0.3 is 6.18 Å². The van der Waals surface area contributed by atoms with Crippen molar-refractivity contribution < 1.29 is 18.0 Å². The fraction of sp³-hybridized carbons (Fsp3) is 0.385. The Morgan fingerprint density at radius 1 is 1.09 bits per heavy atom. The van der Waals surface area contributed by atoms with E-state index < -0.39 is 11.7 Å². The lowest BCUT2D eigenvalue weighted by Gasteiger charge is -2.32. The molecule has 5 rings (SSSR count). The number of carbonyl (C=O) groups excluding carboxylic acids is 1. The molecule has 4 nitrogen and oxygen atoms in total. The third-order valence-electron chi connectivity index (χ3n) is 7.21. The minimum atomic E-state index is -4.42. The molecule has 0 bridgehead atoms. The summed E-state index contributed by atoms with van der Waals surface area (Å²) < 4.78 is 39.5. The molecule has 1 N–H and O–H groups in total. The van der Waals surface area contributed by atoms with Gasteiger partial charge in [-0.15, -0.1) is 0 Å². The Morgan fingerprint density at radius 2 is 1.88 bits per heavy atom. The van der Waals surface area contributed by atoms with Crippen LogP contribution in [0.5, 0.6) is 0 Å². The Kier molecular flexibility index (Phi) is 5.60. The lowest BCUT2D eigenvalue weighted by molar-refractivity contribution is -0.138. The van der Waals surface area contributed by atoms with E-state index in [1.165, 1.54) is 17.7 Å². The van der Waals surface area contributed by atoms with Crippen molar-refractivity contribution in [1.82, 2.24) is 15.2 Å². The molecule has 1 amide bonds. The third-order valence-corrected chi connectivity index (χ3v) is 7.21. The highest BCUT2D eigenvalue weighted by atomic mass is 19.4. The van der Waals surface area contributed by atoms with Crippen molar-refractivity contribution in [3.05, 3.63) is 77.5 Å². The Morgan fingerprint density at radius 3 is 2.67 bits per heavy atom. The second-order valence-electron chi connectivity index (χ2n) is 9.30. The summed E-state index contributed by atoms with van der Waals surface area (Å²) in [6.07, 6.45) is 0.0897. The third kappa shape index (κ3) is 4.60. The number of piperidine rings is 1. The molecule has 1 unspecified atom stereocenters. The fourth-order valence-corrected chi connectivity index (χ4v) is 5.15. The molecule has 1 aliphatic carbocycles. The van der Waals surface area contributed by atoms with E-state index in [2.05, 4.69) is 39.5 Å². The number of amides is 1. The van der Waals surface area contributed by atoms with Crippen molar-refractivity contribution in [3.63, 3.8) is 0 Å². The molecular formula is C26H26F3N3O. The van der Waals surface area contributed by atoms with Crippen molar-refractivity contribution in [2.24, 2.45) is 11.3 Å². The lowest BCUT2D eigenvalue weighted by atomic mass is 9.90. The molecule has 2 aromatic carbocycles. The quantitative estimate of drug-likeness (QED) is 0.580. The van der Waals surface area contributed by atoms with Crippen molar-refractivity contribution in [2.45, 2.75) is 38.5 Å². The van der Waals surface area contributed by atoms with Gasteiger partial charge in [-0.05, 0) is 67.1 Å². The van der Waals surface area contributed by atoms with E-state index in [1.54, 1.807) is 12.3 Å². The molecule has 7 heteroatoms. The second kappa shape index (κ2) is 8.45. The van der Waals surface area contributed by atoms with E-state index in [9.17, 15) is 18.0 Å². The van der Waals surface area contributed by atoms with Gasteiger partial charge in [-0.3, -0.25) is 14.7 Å². The molecule has 1 saturated heterocycles. The number of alkyl halides is 3. The van der Waals surface area contributed by atoms with Crippen LogP contribution >= 0.6 is 0 Å². The first-order chi connectivity index (χ1) is 15.8. The van der Waals surface area contributed by atoms with Crippen LogP contribution in [0.4, 0.5) is 13.2 Å². The minimum Gasteiger partial charge on any atom is -0.352 e. The summed E-state index contributed by atoms with van der Waals surface area (Å²) in [6, 6.07) is 15.8. The van der Waals surface area contributed by atoms with Gasteiger partial charge in [0.25, 0.3) is 0 Å². The zero-order valence-electron chi connectivity index (χ0n) is 18.2. The molecule has 2 aliphatic rings. The number of likely N-dealkylation sites (tertiary alicyclic amines) is 1.